The molecule has 32 heavy (non-hydrogen) atoms. The molecule has 1 aromatic heterocycles. The van der Waals surface area contributed by atoms with E-state index in [4.69, 9.17) is 4.98 Å². The predicted molar refractivity (Wildman–Crippen MR) is 129 cm³/mol. The van der Waals surface area contributed by atoms with Crippen molar-refractivity contribution in [3.8, 4) is 11.1 Å². The molecule has 0 unspecified atom stereocenters. The number of nitrogens with zero attached hydrogens (tertiary/aromatic N) is 1. The van der Waals surface area contributed by atoms with Crippen LogP contribution in [0.3, 0.4) is 0 Å². The third-order valence-electron chi connectivity index (χ3n) is 6.64. The van der Waals surface area contributed by atoms with Crippen molar-refractivity contribution in [2.24, 2.45) is 0 Å². The van der Waals surface area contributed by atoms with Crippen LogP contribution in [0.4, 0.5) is 0 Å². The number of carbonyl (C=O) groups is 2. The number of aryl methyl sites for hydroxylation is 1. The minimum absolute atomic E-state index is 0.266. The van der Waals surface area contributed by atoms with Gasteiger partial charge < -0.3 is 4.79 Å². The van der Waals surface area contributed by atoms with E-state index >= 15 is 0 Å². The van der Waals surface area contributed by atoms with Crippen LogP contribution in [0.2, 0.25) is 0 Å². The summed E-state index contributed by atoms with van der Waals surface area (Å²) in [4.78, 5) is 28.6. The third kappa shape index (κ3) is 2.93. The minimum Gasteiger partial charge on any atom is -0.303 e. The number of hydrogen-bond acceptors (Lipinski definition) is 3. The van der Waals surface area contributed by atoms with Gasteiger partial charge in [-0.05, 0) is 62.9 Å². The van der Waals surface area contributed by atoms with Gasteiger partial charge in [-0.1, -0.05) is 54.6 Å². The Kier molecular flexibility index (Phi) is 4.36. The van der Waals surface area contributed by atoms with Gasteiger partial charge in [0.2, 0.25) is 0 Å². The molecule has 0 spiro atoms. The zero-order valence-electron chi connectivity index (χ0n) is 17.6. The fraction of sp³-hybridized carbons (Fsp3) is 0.138. The summed E-state index contributed by atoms with van der Waals surface area (Å²) >= 11 is 0. The summed E-state index contributed by atoms with van der Waals surface area (Å²) in [6.07, 6.45) is 3.02. The fourth-order valence-electron chi connectivity index (χ4n) is 5.17. The van der Waals surface area contributed by atoms with Gasteiger partial charge in [0.1, 0.15) is 12.1 Å². The van der Waals surface area contributed by atoms with E-state index in [-0.39, 0.29) is 6.42 Å². The standard InChI is InChI=1S/C29H21NO2/c31-14-13-28-25(17-20-6-2-4-8-27(20)30-28)26-16-18-5-1-3-7-22(18)24-11-9-19-15-21(32)10-12-23(19)29(24)26/h1-9,11,14,16-17H,10,12-13,15H2. The second-order valence-electron chi connectivity index (χ2n) is 8.53. The van der Waals surface area contributed by atoms with Gasteiger partial charge in [0, 0.05) is 30.2 Å². The monoisotopic (exact) mass is 415 g/mol. The molecule has 154 valence electrons. The largest absolute Gasteiger partial charge is 0.303 e. The SMILES string of the molecule is O=CCc1nc2ccccc2cc1-c1cc2ccccc2c2ccc3c(c12)CCC(=O)C3. The highest BCUT2D eigenvalue weighted by molar-refractivity contribution is 6.16. The first-order valence-corrected chi connectivity index (χ1v) is 11.0. The molecule has 0 N–H and O–H groups in total. The number of benzene rings is 4. The molecule has 6 rings (SSSR count). The smallest absolute Gasteiger partial charge is 0.137 e. The molecule has 0 saturated carbocycles. The van der Waals surface area contributed by atoms with Gasteiger partial charge in [-0.25, -0.2) is 0 Å². The number of para-hydroxylation sites is 1. The molecule has 0 aliphatic heterocycles. The lowest BCUT2D eigenvalue weighted by atomic mass is 9.82. The summed E-state index contributed by atoms with van der Waals surface area (Å²) in [6, 6.07) is 25.1. The molecule has 3 nitrogen and oxygen atoms in total. The van der Waals surface area contributed by atoms with Gasteiger partial charge in [0.25, 0.3) is 0 Å². The fourth-order valence-corrected chi connectivity index (χ4v) is 5.17. The minimum atomic E-state index is 0.266. The summed E-state index contributed by atoms with van der Waals surface area (Å²) in [5.74, 6) is 0.299. The maximum absolute atomic E-state index is 12.2. The summed E-state index contributed by atoms with van der Waals surface area (Å²) in [6.45, 7) is 0. The van der Waals surface area contributed by atoms with Gasteiger partial charge >= 0.3 is 0 Å². The molecule has 0 atom stereocenters. The van der Waals surface area contributed by atoms with Crippen LogP contribution in [-0.2, 0) is 28.9 Å². The number of aromatic nitrogens is 1. The maximum Gasteiger partial charge on any atom is 0.137 e. The molecule has 0 bridgehead atoms. The highest BCUT2D eigenvalue weighted by Crippen LogP contribution is 2.41. The first-order chi connectivity index (χ1) is 15.7. The van der Waals surface area contributed by atoms with E-state index in [1.54, 1.807) is 0 Å². The summed E-state index contributed by atoms with van der Waals surface area (Å²) in [5.41, 5.74) is 6.16. The van der Waals surface area contributed by atoms with Crippen molar-refractivity contribution in [1.82, 2.24) is 4.98 Å². The van der Waals surface area contributed by atoms with E-state index in [9.17, 15) is 9.59 Å². The number of hydrogen-bond donors (Lipinski definition) is 0. The van der Waals surface area contributed by atoms with Crippen LogP contribution in [0.25, 0.3) is 43.6 Å². The van der Waals surface area contributed by atoms with Gasteiger partial charge in [0.05, 0.1) is 11.2 Å². The number of carbonyl (C=O) groups excluding carboxylic acids is 2. The second-order valence-corrected chi connectivity index (χ2v) is 8.53. The summed E-state index contributed by atoms with van der Waals surface area (Å²) < 4.78 is 0. The van der Waals surface area contributed by atoms with E-state index in [0.717, 1.165) is 51.4 Å². The van der Waals surface area contributed by atoms with Gasteiger partial charge in [0.15, 0.2) is 0 Å². The maximum atomic E-state index is 12.2. The molecule has 0 saturated heterocycles. The van der Waals surface area contributed by atoms with Crippen LogP contribution >= 0.6 is 0 Å². The molecule has 0 fully saturated rings. The number of rotatable bonds is 3. The van der Waals surface area contributed by atoms with Crippen LogP contribution in [0, 0.1) is 0 Å². The molecular formula is C29H21NO2. The zero-order chi connectivity index (χ0) is 21.7. The van der Waals surface area contributed by atoms with Crippen molar-refractivity contribution in [3.63, 3.8) is 0 Å². The lowest BCUT2D eigenvalue weighted by Crippen LogP contribution is -2.14. The summed E-state index contributed by atoms with van der Waals surface area (Å²) in [5, 5.41) is 5.80. The second kappa shape index (κ2) is 7.38. The summed E-state index contributed by atoms with van der Waals surface area (Å²) in [7, 11) is 0. The van der Waals surface area contributed by atoms with Crippen LogP contribution < -0.4 is 0 Å². The molecular weight excluding hydrogens is 394 g/mol. The molecule has 1 aliphatic carbocycles. The zero-order valence-corrected chi connectivity index (χ0v) is 17.6. The molecule has 1 aliphatic rings. The third-order valence-corrected chi connectivity index (χ3v) is 6.64. The van der Waals surface area contributed by atoms with E-state index in [1.165, 1.54) is 21.7 Å². The number of pyridine rings is 1. The molecule has 3 heteroatoms. The van der Waals surface area contributed by atoms with E-state index in [1.807, 2.05) is 18.2 Å². The number of ketones is 1. The average Bonchev–Trinajstić information content (AvgIpc) is 2.83. The molecule has 4 aromatic carbocycles. The van der Waals surface area contributed by atoms with E-state index in [2.05, 4.69) is 54.6 Å². The molecule has 0 amide bonds. The molecule has 1 heterocycles. The van der Waals surface area contributed by atoms with Crippen molar-refractivity contribution >= 4 is 44.5 Å². The van der Waals surface area contributed by atoms with Crippen molar-refractivity contribution in [1.29, 1.82) is 0 Å². The number of fused-ring (bicyclic) bond motifs is 6. The van der Waals surface area contributed by atoms with E-state index < -0.39 is 0 Å². The predicted octanol–water partition coefficient (Wildman–Crippen LogP) is 6.01. The Hall–Kier alpha value is -3.85. The van der Waals surface area contributed by atoms with Gasteiger partial charge in [-0.15, -0.1) is 0 Å². The molecule has 5 aromatic rings. The average molecular weight is 415 g/mol. The van der Waals surface area contributed by atoms with Crippen molar-refractivity contribution in [2.45, 2.75) is 25.7 Å². The van der Waals surface area contributed by atoms with Crippen LogP contribution in [0.5, 0.6) is 0 Å². The Morgan fingerprint density at radius 2 is 1.59 bits per heavy atom. The lowest BCUT2D eigenvalue weighted by Gasteiger charge is -2.22. The Bertz CT molecular complexity index is 1560. The lowest BCUT2D eigenvalue weighted by molar-refractivity contribution is -0.118. The van der Waals surface area contributed by atoms with Crippen molar-refractivity contribution < 1.29 is 9.59 Å². The molecule has 0 radical (unpaired) electrons. The Morgan fingerprint density at radius 3 is 2.47 bits per heavy atom. The first-order valence-electron chi connectivity index (χ1n) is 11.0. The van der Waals surface area contributed by atoms with Crippen LogP contribution in [-0.4, -0.2) is 17.1 Å². The number of aldehydes is 1. The van der Waals surface area contributed by atoms with Crippen molar-refractivity contribution in [2.75, 3.05) is 0 Å². The topological polar surface area (TPSA) is 47.0 Å². The van der Waals surface area contributed by atoms with Gasteiger partial charge in [-0.2, -0.15) is 0 Å². The normalized spacial score (nSPS) is 13.6. The van der Waals surface area contributed by atoms with Gasteiger partial charge in [-0.3, -0.25) is 9.78 Å². The quantitative estimate of drug-likeness (QED) is 0.268. The highest BCUT2D eigenvalue weighted by atomic mass is 16.1. The van der Waals surface area contributed by atoms with Crippen LogP contribution in [0.15, 0.2) is 72.8 Å². The first kappa shape index (κ1) is 18.9. The van der Waals surface area contributed by atoms with E-state index in [0.29, 0.717) is 18.6 Å². The van der Waals surface area contributed by atoms with Crippen molar-refractivity contribution in [3.05, 3.63) is 89.6 Å². The Balaban J connectivity index is 1.77. The number of Topliss-reactive ketones (excluding diaryl/α,β-unsaturated/α-hetero) is 1. The Morgan fingerprint density at radius 1 is 0.812 bits per heavy atom. The Labute approximate surface area is 185 Å². The highest BCUT2D eigenvalue weighted by Gasteiger charge is 2.22. The van der Waals surface area contributed by atoms with Crippen LogP contribution in [0.1, 0.15) is 23.2 Å².